The molecule has 1 amide bonds. The molecule has 0 bridgehead atoms. The van der Waals surface area contributed by atoms with Crippen LogP contribution < -0.4 is 10.1 Å². The molecule has 4 heteroatoms. The highest BCUT2D eigenvalue weighted by Gasteiger charge is 2.04. The van der Waals surface area contributed by atoms with Crippen LogP contribution in [0, 0.1) is 0 Å². The van der Waals surface area contributed by atoms with E-state index in [2.05, 4.69) is 5.32 Å². The molecule has 0 aliphatic rings. The van der Waals surface area contributed by atoms with Crippen molar-refractivity contribution in [3.8, 4) is 5.75 Å². The minimum absolute atomic E-state index is 0.0671. The zero-order valence-electron chi connectivity index (χ0n) is 10.3. The van der Waals surface area contributed by atoms with E-state index in [9.17, 15) is 4.79 Å². The number of halogens is 1. The summed E-state index contributed by atoms with van der Waals surface area (Å²) in [5.41, 5.74) is 0.975. The summed E-state index contributed by atoms with van der Waals surface area (Å²) < 4.78 is 5.34. The number of rotatable bonds is 6. The van der Waals surface area contributed by atoms with Crippen LogP contribution in [0.4, 0.5) is 0 Å². The van der Waals surface area contributed by atoms with Crippen molar-refractivity contribution in [1.29, 1.82) is 0 Å². The Labute approximate surface area is 107 Å². The molecule has 3 nitrogen and oxygen atoms in total. The van der Waals surface area contributed by atoms with Crippen LogP contribution in [0.3, 0.4) is 0 Å². The van der Waals surface area contributed by atoms with E-state index in [1.54, 1.807) is 0 Å². The summed E-state index contributed by atoms with van der Waals surface area (Å²) in [6, 6.07) is 5.55. The van der Waals surface area contributed by atoms with E-state index in [-0.39, 0.29) is 5.91 Å². The van der Waals surface area contributed by atoms with Crippen molar-refractivity contribution >= 4 is 17.5 Å². The molecule has 1 aromatic rings. The maximum atomic E-state index is 11.3. The Balaban J connectivity index is 2.55. The quantitative estimate of drug-likeness (QED) is 0.848. The van der Waals surface area contributed by atoms with Crippen LogP contribution in [0.1, 0.15) is 32.3 Å². The molecule has 0 aromatic heterocycles. The smallest absolute Gasteiger partial charge is 0.220 e. The molecule has 0 atom stereocenters. The van der Waals surface area contributed by atoms with Crippen LogP contribution in [0.15, 0.2) is 18.2 Å². The van der Waals surface area contributed by atoms with Gasteiger partial charge in [0, 0.05) is 13.0 Å². The highest BCUT2D eigenvalue weighted by Crippen LogP contribution is 2.25. The average Bonchev–Trinajstić information content (AvgIpc) is 2.30. The summed E-state index contributed by atoms with van der Waals surface area (Å²) in [6.45, 7) is 4.99. The number of hydrogen-bond donors (Lipinski definition) is 1. The first-order valence-corrected chi connectivity index (χ1v) is 6.23. The second-order valence-corrected chi connectivity index (χ2v) is 4.13. The molecule has 1 aromatic carbocycles. The third-order valence-corrected chi connectivity index (χ3v) is 2.56. The van der Waals surface area contributed by atoms with E-state index in [1.165, 1.54) is 0 Å². The van der Waals surface area contributed by atoms with Crippen LogP contribution in [-0.4, -0.2) is 12.5 Å². The lowest BCUT2D eigenvalue weighted by Crippen LogP contribution is -2.22. The summed E-state index contributed by atoms with van der Waals surface area (Å²) >= 11 is 6.05. The lowest BCUT2D eigenvalue weighted by molar-refractivity contribution is -0.121. The monoisotopic (exact) mass is 255 g/mol. The van der Waals surface area contributed by atoms with Crippen molar-refractivity contribution in [2.45, 2.75) is 33.2 Å². The van der Waals surface area contributed by atoms with Crippen molar-refractivity contribution in [1.82, 2.24) is 5.32 Å². The number of benzene rings is 1. The molecule has 1 rings (SSSR count). The molecule has 0 spiro atoms. The Morgan fingerprint density at radius 3 is 2.76 bits per heavy atom. The van der Waals surface area contributed by atoms with Gasteiger partial charge in [0.1, 0.15) is 5.75 Å². The number of nitrogens with one attached hydrogen (secondary N) is 1. The molecular formula is C13H18ClNO2. The first kappa shape index (κ1) is 13.8. The molecule has 94 valence electrons. The van der Waals surface area contributed by atoms with Gasteiger partial charge in [-0.15, -0.1) is 0 Å². The number of carbonyl (C=O) groups is 1. The van der Waals surface area contributed by atoms with Gasteiger partial charge in [0.05, 0.1) is 11.6 Å². The number of carbonyl (C=O) groups excluding carboxylic acids is 1. The van der Waals surface area contributed by atoms with Crippen molar-refractivity contribution < 1.29 is 9.53 Å². The summed E-state index contributed by atoms with van der Waals surface area (Å²) in [6.07, 6.45) is 1.42. The second kappa shape index (κ2) is 7.17. The van der Waals surface area contributed by atoms with E-state index in [1.807, 2.05) is 32.0 Å². The highest BCUT2D eigenvalue weighted by atomic mass is 35.5. The SMILES string of the molecule is CCCC(=O)NCc1ccc(OCC)c(Cl)c1. The molecular weight excluding hydrogens is 238 g/mol. The fourth-order valence-corrected chi connectivity index (χ4v) is 1.70. The third-order valence-electron chi connectivity index (χ3n) is 2.26. The van der Waals surface area contributed by atoms with E-state index in [4.69, 9.17) is 16.3 Å². The molecule has 0 unspecified atom stereocenters. The lowest BCUT2D eigenvalue weighted by atomic mass is 10.2. The third kappa shape index (κ3) is 4.65. The fraction of sp³-hybridized carbons (Fsp3) is 0.462. The molecule has 0 radical (unpaired) electrons. The summed E-state index contributed by atoms with van der Waals surface area (Å²) in [7, 11) is 0. The lowest BCUT2D eigenvalue weighted by Gasteiger charge is -2.08. The van der Waals surface area contributed by atoms with Crippen LogP contribution in [0.5, 0.6) is 5.75 Å². The predicted molar refractivity (Wildman–Crippen MR) is 69.4 cm³/mol. The fourth-order valence-electron chi connectivity index (χ4n) is 1.44. The maximum absolute atomic E-state index is 11.3. The summed E-state index contributed by atoms with van der Waals surface area (Å²) in [4.78, 5) is 11.3. The number of hydrogen-bond acceptors (Lipinski definition) is 2. The Bertz CT molecular complexity index is 380. The largest absolute Gasteiger partial charge is 0.492 e. The van der Waals surface area contributed by atoms with Crippen molar-refractivity contribution in [3.05, 3.63) is 28.8 Å². The van der Waals surface area contributed by atoms with E-state index >= 15 is 0 Å². The van der Waals surface area contributed by atoms with Gasteiger partial charge < -0.3 is 10.1 Å². The van der Waals surface area contributed by atoms with Gasteiger partial charge >= 0.3 is 0 Å². The van der Waals surface area contributed by atoms with Crippen LogP contribution in [-0.2, 0) is 11.3 Å². The van der Waals surface area contributed by atoms with Crippen LogP contribution in [0.25, 0.3) is 0 Å². The standard InChI is InChI=1S/C13H18ClNO2/c1-3-5-13(16)15-9-10-6-7-12(17-4-2)11(14)8-10/h6-8H,3-5,9H2,1-2H3,(H,15,16). The number of ether oxygens (including phenoxy) is 1. The molecule has 0 aliphatic heterocycles. The molecule has 0 saturated carbocycles. The van der Waals surface area contributed by atoms with E-state index in [0.717, 1.165) is 12.0 Å². The normalized spacial score (nSPS) is 10.1. The van der Waals surface area contributed by atoms with Crippen LogP contribution in [0.2, 0.25) is 5.02 Å². The molecule has 0 fully saturated rings. The van der Waals surface area contributed by atoms with Gasteiger partial charge in [-0.25, -0.2) is 0 Å². The zero-order chi connectivity index (χ0) is 12.7. The molecule has 17 heavy (non-hydrogen) atoms. The molecule has 0 saturated heterocycles. The average molecular weight is 256 g/mol. The van der Waals surface area contributed by atoms with Gasteiger partial charge in [0.2, 0.25) is 5.91 Å². The van der Waals surface area contributed by atoms with Gasteiger partial charge in [0.15, 0.2) is 0 Å². The summed E-state index contributed by atoms with van der Waals surface area (Å²) in [5.74, 6) is 0.746. The van der Waals surface area contributed by atoms with E-state index < -0.39 is 0 Å². The van der Waals surface area contributed by atoms with E-state index in [0.29, 0.717) is 30.3 Å². The Morgan fingerprint density at radius 2 is 2.18 bits per heavy atom. The van der Waals surface area contributed by atoms with Crippen molar-refractivity contribution in [3.63, 3.8) is 0 Å². The van der Waals surface area contributed by atoms with Gasteiger partial charge in [-0.3, -0.25) is 4.79 Å². The first-order valence-electron chi connectivity index (χ1n) is 5.85. The predicted octanol–water partition coefficient (Wildman–Crippen LogP) is 3.16. The van der Waals surface area contributed by atoms with Crippen molar-refractivity contribution in [2.75, 3.05) is 6.61 Å². The van der Waals surface area contributed by atoms with Crippen LogP contribution >= 0.6 is 11.6 Å². The first-order chi connectivity index (χ1) is 8.17. The van der Waals surface area contributed by atoms with Gasteiger partial charge in [0.25, 0.3) is 0 Å². The van der Waals surface area contributed by atoms with Gasteiger partial charge in [-0.1, -0.05) is 24.6 Å². The number of amides is 1. The summed E-state index contributed by atoms with van der Waals surface area (Å²) in [5, 5.41) is 3.42. The van der Waals surface area contributed by atoms with Gasteiger partial charge in [-0.2, -0.15) is 0 Å². The Morgan fingerprint density at radius 1 is 1.41 bits per heavy atom. The molecule has 0 aliphatic carbocycles. The minimum atomic E-state index is 0.0671. The van der Waals surface area contributed by atoms with Crippen molar-refractivity contribution in [2.24, 2.45) is 0 Å². The Kier molecular flexibility index (Phi) is 5.84. The topological polar surface area (TPSA) is 38.3 Å². The Hall–Kier alpha value is -1.22. The highest BCUT2D eigenvalue weighted by molar-refractivity contribution is 6.32. The molecule has 1 N–H and O–H groups in total. The minimum Gasteiger partial charge on any atom is -0.492 e. The zero-order valence-corrected chi connectivity index (χ0v) is 11.0. The van der Waals surface area contributed by atoms with Gasteiger partial charge in [-0.05, 0) is 31.0 Å². The second-order valence-electron chi connectivity index (χ2n) is 3.72. The maximum Gasteiger partial charge on any atom is 0.220 e. The molecule has 0 heterocycles.